The summed E-state index contributed by atoms with van der Waals surface area (Å²) in [5, 5.41) is 8.02. The van der Waals surface area contributed by atoms with Crippen molar-refractivity contribution in [2.75, 3.05) is 26.4 Å². The zero-order valence-corrected chi connectivity index (χ0v) is 15.8. The van der Waals surface area contributed by atoms with Gasteiger partial charge in [-0.2, -0.15) is 0 Å². The third-order valence-corrected chi connectivity index (χ3v) is 2.88. The normalized spacial score (nSPS) is 8.73. The summed E-state index contributed by atoms with van der Waals surface area (Å²) in [5.41, 5.74) is 2.39. The van der Waals surface area contributed by atoms with Crippen molar-refractivity contribution in [2.45, 2.75) is 13.8 Å². The zero-order valence-electron chi connectivity index (χ0n) is 15.8. The lowest BCUT2D eigenvalue weighted by molar-refractivity contribution is 0.166. The van der Waals surface area contributed by atoms with Crippen LogP contribution in [0, 0.1) is 0 Å². The van der Waals surface area contributed by atoms with E-state index in [1.165, 1.54) is 23.7 Å². The van der Waals surface area contributed by atoms with Gasteiger partial charge in [0.2, 0.25) is 0 Å². The first-order valence-corrected chi connectivity index (χ1v) is 8.66. The molecule has 2 aromatic carbocycles. The lowest BCUT2D eigenvalue weighted by atomic mass is 10.1. The number of aliphatic hydroxyl groups is 1. The number of hydrogen-bond acceptors (Lipinski definition) is 4. The summed E-state index contributed by atoms with van der Waals surface area (Å²) in [6.07, 6.45) is 2.72. The minimum atomic E-state index is 0.0615. The summed E-state index contributed by atoms with van der Waals surface area (Å²) in [5.74, 6) is 0.849. The van der Waals surface area contributed by atoms with Gasteiger partial charge in [0.1, 0.15) is 25.6 Å². The molecular formula is C22H30O4. The van der Waals surface area contributed by atoms with Crippen LogP contribution in [-0.4, -0.2) is 31.5 Å². The van der Waals surface area contributed by atoms with Gasteiger partial charge in [-0.15, -0.1) is 0 Å². The molecule has 0 radical (unpaired) electrons. The van der Waals surface area contributed by atoms with Crippen LogP contribution in [0.5, 0.6) is 5.75 Å². The molecule has 0 amide bonds. The molecule has 4 heteroatoms. The van der Waals surface area contributed by atoms with Gasteiger partial charge in [-0.25, -0.2) is 0 Å². The second-order valence-corrected chi connectivity index (χ2v) is 4.54. The minimum absolute atomic E-state index is 0.0615. The van der Waals surface area contributed by atoms with Crippen molar-refractivity contribution >= 4 is 0 Å². The Hall–Kier alpha value is -2.72. The summed E-state index contributed by atoms with van der Waals surface area (Å²) in [7, 11) is 0. The van der Waals surface area contributed by atoms with Crippen LogP contribution in [0.15, 0.2) is 80.3 Å². The molecule has 0 bridgehead atoms. The minimum Gasteiger partial charge on any atom is -0.499 e. The Morgan fingerprint density at radius 3 is 1.81 bits per heavy atom. The lowest BCUT2D eigenvalue weighted by Crippen LogP contribution is -2.03. The van der Waals surface area contributed by atoms with Gasteiger partial charge in [0.05, 0.1) is 19.1 Å². The van der Waals surface area contributed by atoms with E-state index < -0.39 is 0 Å². The van der Waals surface area contributed by atoms with Crippen LogP contribution in [0.3, 0.4) is 0 Å². The summed E-state index contributed by atoms with van der Waals surface area (Å²) in [6.45, 7) is 12.2. The van der Waals surface area contributed by atoms with Gasteiger partial charge >= 0.3 is 0 Å². The predicted molar refractivity (Wildman–Crippen MR) is 108 cm³/mol. The van der Waals surface area contributed by atoms with E-state index in [2.05, 4.69) is 42.2 Å². The highest BCUT2D eigenvalue weighted by Gasteiger charge is 1.97. The van der Waals surface area contributed by atoms with Gasteiger partial charge in [0.25, 0.3) is 0 Å². The molecule has 26 heavy (non-hydrogen) atoms. The van der Waals surface area contributed by atoms with E-state index in [-0.39, 0.29) is 6.61 Å². The molecule has 0 aliphatic carbocycles. The van der Waals surface area contributed by atoms with E-state index in [9.17, 15) is 0 Å². The Labute approximate surface area is 157 Å². The van der Waals surface area contributed by atoms with Crippen LogP contribution in [0.25, 0.3) is 11.1 Å². The average molecular weight is 358 g/mol. The van der Waals surface area contributed by atoms with Crippen molar-refractivity contribution < 1.29 is 19.3 Å². The third-order valence-electron chi connectivity index (χ3n) is 2.88. The number of aliphatic hydroxyl groups excluding tert-OH is 1. The van der Waals surface area contributed by atoms with Gasteiger partial charge in [-0.05, 0) is 23.3 Å². The molecule has 1 N–H and O–H groups in total. The second-order valence-electron chi connectivity index (χ2n) is 4.54. The molecule has 0 aliphatic heterocycles. The van der Waals surface area contributed by atoms with Crippen LogP contribution in [0.1, 0.15) is 13.8 Å². The summed E-state index contributed by atoms with van der Waals surface area (Å²) >= 11 is 0. The van der Waals surface area contributed by atoms with Gasteiger partial charge in [0, 0.05) is 0 Å². The molecule has 0 spiro atoms. The van der Waals surface area contributed by atoms with Crippen molar-refractivity contribution in [2.24, 2.45) is 0 Å². The molecule has 0 aromatic heterocycles. The number of ether oxygens (including phenoxy) is 3. The first-order chi connectivity index (χ1) is 12.8. The fourth-order valence-corrected chi connectivity index (χ4v) is 1.80. The standard InChI is InChI=1S/C16H16O2.C4H8O2.C2H6/c1-2-17-12-13-18-16-10-8-15(9-11-16)14-6-4-3-5-7-14;1-2-6-4-3-5;1-2/h2-11H,1,12-13H2;2,5H,1,3-4H2;1-2H3. The van der Waals surface area contributed by atoms with Gasteiger partial charge < -0.3 is 19.3 Å². The lowest BCUT2D eigenvalue weighted by Gasteiger charge is -2.07. The van der Waals surface area contributed by atoms with E-state index in [4.69, 9.17) is 14.6 Å². The smallest absolute Gasteiger partial charge is 0.122 e. The average Bonchev–Trinajstić information content (AvgIpc) is 2.73. The van der Waals surface area contributed by atoms with Crippen LogP contribution in [0.2, 0.25) is 0 Å². The summed E-state index contributed by atoms with van der Waals surface area (Å²) < 4.78 is 15.0. The topological polar surface area (TPSA) is 47.9 Å². The molecule has 0 atom stereocenters. The highest BCUT2D eigenvalue weighted by molar-refractivity contribution is 5.63. The first kappa shape index (κ1) is 23.3. The summed E-state index contributed by atoms with van der Waals surface area (Å²) in [6, 6.07) is 18.3. The number of hydrogen-bond donors (Lipinski definition) is 1. The van der Waals surface area contributed by atoms with Crippen molar-refractivity contribution in [3.8, 4) is 16.9 Å². The molecule has 2 aromatic rings. The van der Waals surface area contributed by atoms with Crippen LogP contribution >= 0.6 is 0 Å². The Morgan fingerprint density at radius 2 is 1.31 bits per heavy atom. The van der Waals surface area contributed by atoms with E-state index in [1.54, 1.807) is 0 Å². The fourth-order valence-electron chi connectivity index (χ4n) is 1.80. The summed E-state index contributed by atoms with van der Waals surface area (Å²) in [4.78, 5) is 0. The number of benzene rings is 2. The molecular weight excluding hydrogens is 328 g/mol. The van der Waals surface area contributed by atoms with E-state index in [1.807, 2.05) is 44.2 Å². The highest BCUT2D eigenvalue weighted by Crippen LogP contribution is 2.21. The highest BCUT2D eigenvalue weighted by atomic mass is 16.5. The van der Waals surface area contributed by atoms with Crippen molar-refractivity contribution in [1.82, 2.24) is 0 Å². The van der Waals surface area contributed by atoms with Crippen molar-refractivity contribution in [3.63, 3.8) is 0 Å². The first-order valence-electron chi connectivity index (χ1n) is 8.66. The van der Waals surface area contributed by atoms with Crippen LogP contribution in [0.4, 0.5) is 0 Å². The molecule has 4 nitrogen and oxygen atoms in total. The maximum absolute atomic E-state index is 8.02. The largest absolute Gasteiger partial charge is 0.499 e. The predicted octanol–water partition coefficient (Wildman–Crippen LogP) is 5.06. The molecule has 0 heterocycles. The SMILES string of the molecule is C=COCCO.C=COCCOc1ccc(-c2ccccc2)cc1.CC. The van der Waals surface area contributed by atoms with Crippen LogP contribution in [-0.2, 0) is 9.47 Å². The molecule has 142 valence electrons. The van der Waals surface area contributed by atoms with Crippen molar-refractivity contribution in [1.29, 1.82) is 0 Å². The van der Waals surface area contributed by atoms with Gasteiger partial charge in [-0.1, -0.05) is 69.5 Å². The Kier molecular flexibility index (Phi) is 15.3. The Balaban J connectivity index is 0.000000667. The third kappa shape index (κ3) is 10.9. The Bertz CT molecular complexity index is 564. The number of rotatable bonds is 9. The monoisotopic (exact) mass is 358 g/mol. The van der Waals surface area contributed by atoms with Crippen molar-refractivity contribution in [3.05, 3.63) is 80.3 Å². The zero-order chi connectivity index (χ0) is 19.5. The molecule has 2 rings (SSSR count). The van der Waals surface area contributed by atoms with E-state index >= 15 is 0 Å². The van der Waals surface area contributed by atoms with Gasteiger partial charge in [-0.3, -0.25) is 0 Å². The van der Waals surface area contributed by atoms with Gasteiger partial charge in [0.15, 0.2) is 0 Å². The molecule has 0 saturated carbocycles. The molecule has 0 fully saturated rings. The second kappa shape index (κ2) is 17.1. The van der Waals surface area contributed by atoms with E-state index in [0.29, 0.717) is 19.8 Å². The molecule has 0 unspecified atom stereocenters. The maximum atomic E-state index is 8.02. The Morgan fingerprint density at radius 1 is 0.769 bits per heavy atom. The fraction of sp³-hybridized carbons (Fsp3) is 0.273. The quantitative estimate of drug-likeness (QED) is 0.503. The molecule has 0 saturated heterocycles. The molecule has 0 aliphatic rings. The van der Waals surface area contributed by atoms with E-state index in [0.717, 1.165) is 5.75 Å². The van der Waals surface area contributed by atoms with Crippen LogP contribution < -0.4 is 4.74 Å². The maximum Gasteiger partial charge on any atom is 0.122 e.